The number of nitrogens with zero attached hydrogens (tertiary/aromatic N) is 1. The van der Waals surface area contributed by atoms with Crippen molar-refractivity contribution in [3.63, 3.8) is 0 Å². The molecule has 0 aromatic heterocycles. The van der Waals surface area contributed by atoms with Gasteiger partial charge in [0, 0.05) is 0 Å². The zero-order valence-corrected chi connectivity index (χ0v) is 17.7. The van der Waals surface area contributed by atoms with E-state index in [1.165, 1.54) is 33.4 Å². The van der Waals surface area contributed by atoms with Crippen LogP contribution in [-0.2, 0) is 5.41 Å². The fourth-order valence-electron chi connectivity index (χ4n) is 4.21. The molecule has 4 aromatic carbocycles. The lowest BCUT2D eigenvalue weighted by Crippen LogP contribution is -2.31. The second-order valence-corrected chi connectivity index (χ2v) is 8.04. The number of hydrogen-bond acceptors (Lipinski definition) is 1. The molecule has 146 valence electrons. The SMILES string of the molecule is Cc1ccc(C(c2ccc(C)cc2)(c2ccc(C)cc2)c2ccc(C#N)cc2)cc1. The maximum absolute atomic E-state index is 9.32. The monoisotopic (exact) mass is 387 g/mol. The van der Waals surface area contributed by atoms with E-state index in [0.717, 1.165) is 5.56 Å². The van der Waals surface area contributed by atoms with Crippen LogP contribution < -0.4 is 0 Å². The fraction of sp³-hybridized carbons (Fsp3) is 0.138. The molecular formula is C29H25N. The van der Waals surface area contributed by atoms with Crippen molar-refractivity contribution in [2.24, 2.45) is 0 Å². The lowest BCUT2D eigenvalue weighted by Gasteiger charge is -2.37. The van der Waals surface area contributed by atoms with Crippen LogP contribution in [0.3, 0.4) is 0 Å². The summed E-state index contributed by atoms with van der Waals surface area (Å²) >= 11 is 0. The predicted molar refractivity (Wildman–Crippen MR) is 124 cm³/mol. The van der Waals surface area contributed by atoms with E-state index in [1.807, 2.05) is 12.1 Å². The van der Waals surface area contributed by atoms with E-state index in [1.54, 1.807) is 0 Å². The topological polar surface area (TPSA) is 23.8 Å². The van der Waals surface area contributed by atoms with Gasteiger partial charge in [0.2, 0.25) is 0 Å². The molecule has 30 heavy (non-hydrogen) atoms. The van der Waals surface area contributed by atoms with Crippen LogP contribution >= 0.6 is 0 Å². The molecule has 0 aliphatic rings. The summed E-state index contributed by atoms with van der Waals surface area (Å²) in [5.41, 5.74) is 8.70. The third-order valence-electron chi connectivity index (χ3n) is 5.90. The molecule has 0 aliphatic heterocycles. The van der Waals surface area contributed by atoms with Crippen LogP contribution in [0.4, 0.5) is 0 Å². The summed E-state index contributed by atoms with van der Waals surface area (Å²) < 4.78 is 0. The van der Waals surface area contributed by atoms with Crippen LogP contribution in [0.2, 0.25) is 0 Å². The summed E-state index contributed by atoms with van der Waals surface area (Å²) in [6.07, 6.45) is 0. The van der Waals surface area contributed by atoms with Gasteiger partial charge in [0.05, 0.1) is 17.0 Å². The van der Waals surface area contributed by atoms with Crippen LogP contribution in [0.5, 0.6) is 0 Å². The Bertz CT molecular complexity index is 1060. The van der Waals surface area contributed by atoms with Gasteiger partial charge in [-0.05, 0) is 55.2 Å². The Morgan fingerprint density at radius 3 is 1.00 bits per heavy atom. The standard InChI is InChI=1S/C29H25N/c1-21-4-12-25(13-5-21)29(26-14-6-22(2)7-15-26,27-16-8-23(3)9-17-27)28-18-10-24(20-30)11-19-28/h4-19H,1-3H3. The van der Waals surface area contributed by atoms with E-state index in [4.69, 9.17) is 0 Å². The molecule has 0 saturated carbocycles. The molecule has 0 amide bonds. The molecule has 0 radical (unpaired) electrons. The highest BCUT2D eigenvalue weighted by Crippen LogP contribution is 2.45. The molecule has 0 aliphatic carbocycles. The number of benzene rings is 4. The number of aryl methyl sites for hydroxylation is 3. The van der Waals surface area contributed by atoms with Gasteiger partial charge in [-0.1, -0.05) is 102 Å². The fourth-order valence-corrected chi connectivity index (χ4v) is 4.21. The van der Waals surface area contributed by atoms with Crippen molar-refractivity contribution in [2.75, 3.05) is 0 Å². The number of nitriles is 1. The lowest BCUT2D eigenvalue weighted by molar-refractivity contribution is 0.744. The van der Waals surface area contributed by atoms with Gasteiger partial charge in [-0.2, -0.15) is 5.26 Å². The third kappa shape index (κ3) is 3.42. The highest BCUT2D eigenvalue weighted by molar-refractivity contribution is 5.60. The van der Waals surface area contributed by atoms with Crippen LogP contribution in [0.1, 0.15) is 44.5 Å². The summed E-state index contributed by atoms with van der Waals surface area (Å²) in [6.45, 7) is 6.35. The van der Waals surface area contributed by atoms with Gasteiger partial charge < -0.3 is 0 Å². The first-order chi connectivity index (χ1) is 14.5. The van der Waals surface area contributed by atoms with Gasteiger partial charge in [0.1, 0.15) is 0 Å². The Balaban J connectivity index is 2.11. The second kappa shape index (κ2) is 8.01. The first kappa shape index (κ1) is 19.7. The third-order valence-corrected chi connectivity index (χ3v) is 5.90. The average molecular weight is 388 g/mol. The Labute approximate surface area is 179 Å². The van der Waals surface area contributed by atoms with Crippen molar-refractivity contribution in [1.29, 1.82) is 5.26 Å². The van der Waals surface area contributed by atoms with E-state index in [2.05, 4.69) is 112 Å². The van der Waals surface area contributed by atoms with Crippen LogP contribution in [0.15, 0.2) is 97.1 Å². The molecular weight excluding hydrogens is 362 g/mol. The molecule has 0 heterocycles. The Kier molecular flexibility index (Phi) is 5.25. The maximum Gasteiger partial charge on any atom is 0.0991 e. The first-order valence-electron chi connectivity index (χ1n) is 10.3. The smallest absolute Gasteiger partial charge is 0.0991 e. The summed E-state index contributed by atoms with van der Waals surface area (Å²) in [6, 6.07) is 36.7. The summed E-state index contributed by atoms with van der Waals surface area (Å²) in [7, 11) is 0. The predicted octanol–water partition coefficient (Wildman–Crippen LogP) is 6.87. The first-order valence-corrected chi connectivity index (χ1v) is 10.3. The van der Waals surface area contributed by atoms with E-state index in [0.29, 0.717) is 5.56 Å². The van der Waals surface area contributed by atoms with E-state index >= 15 is 0 Å². The zero-order chi connectivity index (χ0) is 21.1. The summed E-state index contributed by atoms with van der Waals surface area (Å²) in [4.78, 5) is 0. The molecule has 0 bridgehead atoms. The molecule has 0 fully saturated rings. The molecule has 4 rings (SSSR count). The molecule has 0 N–H and O–H groups in total. The van der Waals surface area contributed by atoms with E-state index < -0.39 is 5.41 Å². The zero-order valence-electron chi connectivity index (χ0n) is 17.7. The largest absolute Gasteiger partial charge is 0.192 e. The second-order valence-electron chi connectivity index (χ2n) is 8.04. The van der Waals surface area contributed by atoms with Crippen molar-refractivity contribution >= 4 is 0 Å². The van der Waals surface area contributed by atoms with Crippen LogP contribution in [0.25, 0.3) is 0 Å². The summed E-state index contributed by atoms with van der Waals surface area (Å²) in [5.74, 6) is 0. The van der Waals surface area contributed by atoms with Crippen molar-refractivity contribution in [1.82, 2.24) is 0 Å². The lowest BCUT2D eigenvalue weighted by atomic mass is 9.65. The Hall–Kier alpha value is -3.63. The molecule has 0 saturated heterocycles. The molecule has 1 heteroatoms. The quantitative estimate of drug-likeness (QED) is 0.351. The Morgan fingerprint density at radius 1 is 0.467 bits per heavy atom. The van der Waals surface area contributed by atoms with Crippen LogP contribution in [-0.4, -0.2) is 0 Å². The minimum Gasteiger partial charge on any atom is -0.192 e. The van der Waals surface area contributed by atoms with E-state index in [-0.39, 0.29) is 0 Å². The van der Waals surface area contributed by atoms with Crippen LogP contribution in [0, 0.1) is 32.1 Å². The van der Waals surface area contributed by atoms with Gasteiger partial charge in [0.15, 0.2) is 0 Å². The minimum absolute atomic E-state index is 0.469. The van der Waals surface area contributed by atoms with Crippen molar-refractivity contribution < 1.29 is 0 Å². The number of hydrogen-bond donors (Lipinski definition) is 0. The van der Waals surface area contributed by atoms with Gasteiger partial charge in [-0.3, -0.25) is 0 Å². The van der Waals surface area contributed by atoms with Crippen molar-refractivity contribution in [3.05, 3.63) is 142 Å². The maximum atomic E-state index is 9.32. The van der Waals surface area contributed by atoms with Gasteiger partial charge in [-0.25, -0.2) is 0 Å². The highest BCUT2D eigenvalue weighted by Gasteiger charge is 2.38. The molecule has 0 unspecified atom stereocenters. The van der Waals surface area contributed by atoms with Gasteiger partial charge >= 0.3 is 0 Å². The summed E-state index contributed by atoms with van der Waals surface area (Å²) in [5, 5.41) is 9.32. The number of rotatable bonds is 4. The van der Waals surface area contributed by atoms with Crippen molar-refractivity contribution in [2.45, 2.75) is 26.2 Å². The molecule has 4 aromatic rings. The van der Waals surface area contributed by atoms with Gasteiger partial charge in [-0.15, -0.1) is 0 Å². The molecule has 0 spiro atoms. The van der Waals surface area contributed by atoms with Crippen molar-refractivity contribution in [3.8, 4) is 6.07 Å². The highest BCUT2D eigenvalue weighted by atomic mass is 14.4. The van der Waals surface area contributed by atoms with Gasteiger partial charge in [0.25, 0.3) is 0 Å². The molecule has 1 nitrogen and oxygen atoms in total. The molecule has 0 atom stereocenters. The normalized spacial score (nSPS) is 11.1. The van der Waals surface area contributed by atoms with E-state index in [9.17, 15) is 5.26 Å². The minimum atomic E-state index is -0.469. The Morgan fingerprint density at radius 2 is 0.733 bits per heavy atom. The average Bonchev–Trinajstić information content (AvgIpc) is 2.78.